The number of carbonyl (C=O) groups is 5. The van der Waals surface area contributed by atoms with Crippen molar-refractivity contribution >= 4 is 39.4 Å². The lowest BCUT2D eigenvalue weighted by molar-refractivity contribution is -0.142. The number of ketones is 1. The van der Waals surface area contributed by atoms with Gasteiger partial charge in [0.2, 0.25) is 17.6 Å². The van der Waals surface area contributed by atoms with Crippen LogP contribution in [0.2, 0.25) is 0 Å². The van der Waals surface area contributed by atoms with Gasteiger partial charge in [-0.05, 0) is 50.0 Å². The number of primary amides is 1. The molecule has 5 amide bonds. The van der Waals surface area contributed by atoms with Crippen molar-refractivity contribution in [2.24, 2.45) is 17.6 Å². The van der Waals surface area contributed by atoms with Gasteiger partial charge >= 0.3 is 6.03 Å². The van der Waals surface area contributed by atoms with Crippen LogP contribution < -0.4 is 21.7 Å². The van der Waals surface area contributed by atoms with E-state index in [0.717, 1.165) is 44.1 Å². The van der Waals surface area contributed by atoms with E-state index in [1.54, 1.807) is 0 Å². The Labute approximate surface area is 296 Å². The maximum absolute atomic E-state index is 13.9. The van der Waals surface area contributed by atoms with Gasteiger partial charge in [-0.2, -0.15) is 0 Å². The molecular weight excluding hydrogens is 662 g/mol. The molecule has 2 unspecified atom stereocenters. The third-order valence-corrected chi connectivity index (χ3v) is 12.1. The molecule has 3 aliphatic rings. The molecule has 3 fully saturated rings. The number of rotatable bonds is 17. The Morgan fingerprint density at radius 3 is 2.26 bits per heavy atom. The molecule has 5 N–H and O–H groups in total. The summed E-state index contributed by atoms with van der Waals surface area (Å²) in [7, 11) is -3.44. The van der Waals surface area contributed by atoms with Crippen molar-refractivity contribution in [2.75, 3.05) is 18.1 Å². The summed E-state index contributed by atoms with van der Waals surface area (Å²) in [5, 5.41) is 8.32. The Hall–Kier alpha value is -3.52. The van der Waals surface area contributed by atoms with E-state index in [-0.39, 0.29) is 49.3 Å². The first-order valence-corrected chi connectivity index (χ1v) is 19.9. The van der Waals surface area contributed by atoms with Gasteiger partial charge in [0.1, 0.15) is 12.1 Å². The Morgan fingerprint density at radius 1 is 0.980 bits per heavy atom. The van der Waals surface area contributed by atoms with Crippen LogP contribution in [0.25, 0.3) is 0 Å². The zero-order valence-electron chi connectivity index (χ0n) is 29.7. The molecule has 4 atom stereocenters. The molecule has 13 nitrogen and oxygen atoms in total. The fourth-order valence-electron chi connectivity index (χ4n) is 7.16. The standard InChI is InChI=1S/C36H55N5O8S/c1-24(2)15-18-50(47,48)23-36(16-8-5-9-17-36)40-35(46)38-25(3)34(45)41-21-28(49-22-27-11-6-4-7-12-27)20-30(41)33(44)39-29(31(42)32(37)43)19-26-13-10-14-26/h4,6-7,11-12,24-26,28-30H,5,8-10,13-23H2,1-3H3,(H2,37,43)(H,39,44)(H2,38,40,46)/t25-,28?,29?,30-/m0/s1. The van der Waals surface area contributed by atoms with Crippen LogP contribution >= 0.6 is 0 Å². The first-order valence-electron chi connectivity index (χ1n) is 18.1. The summed E-state index contributed by atoms with van der Waals surface area (Å²) in [6, 6.07) is 5.60. The number of nitrogens with zero attached hydrogens (tertiary/aromatic N) is 1. The SMILES string of the molecule is CC(C)CCS(=O)(=O)CC1(NC(=O)N[C@@H](C)C(=O)N2CC(OCc3ccccc3)C[C@H]2C(=O)NC(CC2CCC2)C(=O)C(N)=O)CCCCC1. The van der Waals surface area contributed by atoms with Gasteiger partial charge in [-0.3, -0.25) is 19.2 Å². The van der Waals surface area contributed by atoms with Crippen molar-refractivity contribution in [3.8, 4) is 0 Å². The van der Waals surface area contributed by atoms with Gasteiger partial charge < -0.3 is 31.3 Å². The first-order chi connectivity index (χ1) is 23.7. The predicted octanol–water partition coefficient (Wildman–Crippen LogP) is 2.75. The zero-order chi connectivity index (χ0) is 36.5. The van der Waals surface area contributed by atoms with Crippen LogP contribution in [0.1, 0.15) is 97.0 Å². The highest BCUT2D eigenvalue weighted by Gasteiger charge is 2.44. The van der Waals surface area contributed by atoms with Crippen LogP contribution in [0, 0.1) is 11.8 Å². The molecule has 278 valence electrons. The summed E-state index contributed by atoms with van der Waals surface area (Å²) in [5.41, 5.74) is 5.30. The molecule has 50 heavy (non-hydrogen) atoms. The molecule has 2 saturated carbocycles. The second-order valence-corrected chi connectivity index (χ2v) is 17.1. The number of nitrogens with one attached hydrogen (secondary N) is 3. The average molecular weight is 718 g/mol. The molecule has 0 radical (unpaired) electrons. The van der Waals surface area contributed by atoms with Gasteiger partial charge in [0.25, 0.3) is 5.91 Å². The van der Waals surface area contributed by atoms with Gasteiger partial charge in [0.05, 0.1) is 35.8 Å². The number of ether oxygens (including phenoxy) is 1. The monoisotopic (exact) mass is 717 g/mol. The van der Waals surface area contributed by atoms with E-state index in [1.807, 2.05) is 44.2 Å². The normalized spacial score (nSPS) is 21.9. The van der Waals surface area contributed by atoms with Gasteiger partial charge in [0, 0.05) is 13.0 Å². The second kappa shape index (κ2) is 17.6. The molecule has 1 saturated heterocycles. The van der Waals surface area contributed by atoms with Crippen LogP contribution in [0.4, 0.5) is 4.79 Å². The molecule has 14 heteroatoms. The van der Waals surface area contributed by atoms with E-state index in [9.17, 15) is 32.4 Å². The lowest BCUT2D eigenvalue weighted by atomic mass is 9.80. The second-order valence-electron chi connectivity index (χ2n) is 14.9. The molecule has 0 aromatic heterocycles. The topological polar surface area (TPSA) is 194 Å². The van der Waals surface area contributed by atoms with E-state index >= 15 is 0 Å². The van der Waals surface area contributed by atoms with Gasteiger partial charge in [-0.25, -0.2) is 13.2 Å². The summed E-state index contributed by atoms with van der Waals surface area (Å²) in [5.74, 6) is -2.86. The zero-order valence-corrected chi connectivity index (χ0v) is 30.5. The highest BCUT2D eigenvalue weighted by molar-refractivity contribution is 7.91. The maximum atomic E-state index is 13.9. The number of carbonyl (C=O) groups excluding carboxylic acids is 5. The Bertz CT molecular complexity index is 1460. The number of benzene rings is 1. The van der Waals surface area contributed by atoms with Crippen LogP contribution in [0.5, 0.6) is 0 Å². The van der Waals surface area contributed by atoms with E-state index < -0.39 is 69.1 Å². The highest BCUT2D eigenvalue weighted by atomic mass is 32.2. The Balaban J connectivity index is 1.46. The summed E-state index contributed by atoms with van der Waals surface area (Å²) in [6.07, 6.45) is 6.78. The molecule has 4 rings (SSSR count). The summed E-state index contributed by atoms with van der Waals surface area (Å²) in [6.45, 7) is 5.77. The van der Waals surface area contributed by atoms with Crippen molar-refractivity contribution in [1.29, 1.82) is 0 Å². The van der Waals surface area contributed by atoms with E-state index in [2.05, 4.69) is 16.0 Å². The largest absolute Gasteiger partial charge is 0.372 e. The number of urea groups is 1. The maximum Gasteiger partial charge on any atom is 0.315 e. The van der Waals surface area contributed by atoms with Crippen LogP contribution in [0.15, 0.2) is 30.3 Å². The number of hydrogen-bond acceptors (Lipinski definition) is 8. The number of hydrogen-bond donors (Lipinski definition) is 4. The van der Waals surface area contributed by atoms with Crippen molar-refractivity contribution in [3.63, 3.8) is 0 Å². The van der Waals surface area contributed by atoms with Crippen molar-refractivity contribution < 1.29 is 37.1 Å². The fourth-order valence-corrected chi connectivity index (χ4v) is 9.34. The van der Waals surface area contributed by atoms with Crippen LogP contribution in [-0.2, 0) is 40.4 Å². The number of Topliss-reactive ketones (excluding diaryl/α,β-unsaturated/α-hetero) is 1. The molecular formula is C36H55N5O8S. The minimum absolute atomic E-state index is 0.0447. The van der Waals surface area contributed by atoms with E-state index in [1.165, 1.54) is 11.8 Å². The molecule has 0 bridgehead atoms. The molecule has 1 aromatic rings. The van der Waals surface area contributed by atoms with Crippen molar-refractivity contribution in [3.05, 3.63) is 35.9 Å². The quantitative estimate of drug-likeness (QED) is 0.177. The van der Waals surface area contributed by atoms with Crippen molar-refractivity contribution in [1.82, 2.24) is 20.9 Å². The number of likely N-dealkylation sites (tertiary alicyclic amines) is 1. The lowest BCUT2D eigenvalue weighted by Gasteiger charge is -2.38. The van der Waals surface area contributed by atoms with Crippen molar-refractivity contribution in [2.45, 2.75) is 128 Å². The molecule has 0 spiro atoms. The summed E-state index contributed by atoms with van der Waals surface area (Å²) in [4.78, 5) is 66.9. The van der Waals surface area contributed by atoms with Gasteiger partial charge in [0.15, 0.2) is 9.84 Å². The molecule has 1 heterocycles. The predicted molar refractivity (Wildman–Crippen MR) is 188 cm³/mol. The minimum Gasteiger partial charge on any atom is -0.372 e. The Kier molecular flexibility index (Phi) is 13.8. The van der Waals surface area contributed by atoms with Gasteiger partial charge in [-0.1, -0.05) is 82.7 Å². The smallest absolute Gasteiger partial charge is 0.315 e. The van der Waals surface area contributed by atoms with Crippen LogP contribution in [-0.4, -0.2) is 90.7 Å². The summed E-state index contributed by atoms with van der Waals surface area (Å²) < 4.78 is 32.3. The van der Waals surface area contributed by atoms with Gasteiger partial charge in [-0.15, -0.1) is 0 Å². The number of sulfone groups is 1. The van der Waals surface area contributed by atoms with Crippen LogP contribution in [0.3, 0.4) is 0 Å². The third kappa shape index (κ3) is 11.2. The summed E-state index contributed by atoms with van der Waals surface area (Å²) >= 11 is 0. The fraction of sp³-hybridized carbons (Fsp3) is 0.694. The minimum atomic E-state index is -3.44. The number of amides is 5. The highest BCUT2D eigenvalue weighted by Crippen LogP contribution is 2.32. The molecule has 1 aromatic carbocycles. The number of nitrogens with two attached hydrogens (primary N) is 1. The first kappa shape index (κ1) is 39.3. The average Bonchev–Trinajstić information content (AvgIpc) is 3.48. The van der Waals surface area contributed by atoms with E-state index in [4.69, 9.17) is 10.5 Å². The molecule has 1 aliphatic heterocycles. The molecule has 2 aliphatic carbocycles. The lowest BCUT2D eigenvalue weighted by Crippen LogP contribution is -2.60. The van der Waals surface area contributed by atoms with E-state index in [0.29, 0.717) is 19.3 Å². The third-order valence-electron chi connectivity index (χ3n) is 10.3. The Morgan fingerprint density at radius 2 is 1.66 bits per heavy atom.